The highest BCUT2D eigenvalue weighted by Gasteiger charge is 2.33. The zero-order chi connectivity index (χ0) is 13.3. The molecule has 2 heterocycles. The Balaban J connectivity index is 2.04. The molecule has 0 atom stereocenters. The number of likely N-dealkylation sites (N-methyl/N-ethyl adjacent to an activating group) is 1. The molecular weight excluding hydrogens is 238 g/mol. The quantitative estimate of drug-likeness (QED) is 0.655. The summed E-state index contributed by atoms with van der Waals surface area (Å²) in [5.41, 5.74) is 5.98. The van der Waals surface area contributed by atoms with Gasteiger partial charge in [-0.3, -0.25) is 0 Å². The Bertz CT molecular complexity index is 461. The maximum atomic E-state index is 10.8. The molecule has 0 bridgehead atoms. The van der Waals surface area contributed by atoms with Gasteiger partial charge in [-0.2, -0.15) is 4.98 Å². The van der Waals surface area contributed by atoms with Crippen LogP contribution in [0.5, 0.6) is 0 Å². The smallest absolute Gasteiger partial charge is 0.407 e. The van der Waals surface area contributed by atoms with Crippen LogP contribution in [0.2, 0.25) is 0 Å². The lowest BCUT2D eigenvalue weighted by atomic mass is 10.1. The lowest BCUT2D eigenvalue weighted by Gasteiger charge is -2.43. The Labute approximate surface area is 104 Å². The fourth-order valence-electron chi connectivity index (χ4n) is 1.79. The number of carboxylic acid groups (broad SMARTS) is 1. The molecule has 98 valence electrons. The maximum absolute atomic E-state index is 10.8. The van der Waals surface area contributed by atoms with Gasteiger partial charge < -0.3 is 25.7 Å². The normalized spacial score (nSPS) is 15.3. The molecule has 18 heavy (non-hydrogen) atoms. The van der Waals surface area contributed by atoms with Crippen molar-refractivity contribution in [3.63, 3.8) is 0 Å². The number of nitrogens with two attached hydrogens (primary N) is 1. The molecule has 0 saturated carbocycles. The molecule has 1 saturated heterocycles. The van der Waals surface area contributed by atoms with Crippen LogP contribution in [0, 0.1) is 0 Å². The first-order valence-electron chi connectivity index (χ1n) is 5.46. The van der Waals surface area contributed by atoms with Crippen molar-refractivity contribution >= 4 is 17.9 Å². The number of anilines is 2. The number of hydrogen-bond donors (Lipinski definition) is 3. The third kappa shape index (κ3) is 2.28. The van der Waals surface area contributed by atoms with E-state index in [1.165, 1.54) is 11.9 Å². The molecule has 1 aromatic rings. The van der Waals surface area contributed by atoms with E-state index >= 15 is 0 Å². The van der Waals surface area contributed by atoms with Gasteiger partial charge in [-0.25, -0.2) is 9.78 Å². The third-order valence-electron chi connectivity index (χ3n) is 2.98. The predicted octanol–water partition coefficient (Wildman–Crippen LogP) is -0.650. The zero-order valence-corrected chi connectivity index (χ0v) is 9.94. The first-order valence-corrected chi connectivity index (χ1v) is 5.46. The van der Waals surface area contributed by atoms with Crippen LogP contribution < -0.4 is 10.6 Å². The van der Waals surface area contributed by atoms with Crippen molar-refractivity contribution in [2.24, 2.45) is 0 Å². The number of rotatable bonds is 3. The molecule has 1 amide bonds. The van der Waals surface area contributed by atoms with Crippen molar-refractivity contribution in [1.29, 1.82) is 0 Å². The molecule has 2 rings (SSSR count). The number of nitrogen functional groups attached to an aromatic ring is 1. The first-order chi connectivity index (χ1) is 8.51. The highest BCUT2D eigenvalue weighted by molar-refractivity contribution is 5.66. The molecule has 8 heteroatoms. The lowest BCUT2D eigenvalue weighted by molar-refractivity contribution is 0.129. The van der Waals surface area contributed by atoms with Gasteiger partial charge in [0.1, 0.15) is 5.82 Å². The summed E-state index contributed by atoms with van der Waals surface area (Å²) in [6, 6.07) is 1.60. The van der Waals surface area contributed by atoms with E-state index in [4.69, 9.17) is 15.9 Å². The van der Waals surface area contributed by atoms with E-state index in [9.17, 15) is 4.79 Å². The highest BCUT2D eigenvalue weighted by Crippen LogP contribution is 2.22. The van der Waals surface area contributed by atoms with Crippen LogP contribution in [0.3, 0.4) is 0 Å². The number of carbonyl (C=O) groups is 1. The van der Waals surface area contributed by atoms with Gasteiger partial charge in [0, 0.05) is 26.2 Å². The van der Waals surface area contributed by atoms with E-state index in [-0.39, 0.29) is 18.6 Å². The Hall–Kier alpha value is -2.09. The summed E-state index contributed by atoms with van der Waals surface area (Å²) in [7, 11) is 1.54. The predicted molar refractivity (Wildman–Crippen MR) is 64.2 cm³/mol. The van der Waals surface area contributed by atoms with Crippen molar-refractivity contribution in [2.75, 3.05) is 30.8 Å². The number of nitrogens with zero attached hydrogens (tertiary/aromatic N) is 4. The van der Waals surface area contributed by atoms with Gasteiger partial charge in [0.2, 0.25) is 5.95 Å². The van der Waals surface area contributed by atoms with Crippen molar-refractivity contribution in [3.8, 4) is 0 Å². The second-order valence-corrected chi connectivity index (χ2v) is 4.19. The van der Waals surface area contributed by atoms with Gasteiger partial charge in [0.25, 0.3) is 0 Å². The maximum Gasteiger partial charge on any atom is 0.407 e. The molecule has 1 aromatic heterocycles. The fraction of sp³-hybridized carbons (Fsp3) is 0.500. The summed E-state index contributed by atoms with van der Waals surface area (Å²) in [5.74, 6) is 0.716. The van der Waals surface area contributed by atoms with E-state index < -0.39 is 6.09 Å². The van der Waals surface area contributed by atoms with Crippen LogP contribution in [0.25, 0.3) is 0 Å². The van der Waals surface area contributed by atoms with Gasteiger partial charge in [-0.15, -0.1) is 0 Å². The molecule has 8 nitrogen and oxygen atoms in total. The van der Waals surface area contributed by atoms with E-state index in [1.54, 1.807) is 6.07 Å². The second kappa shape index (κ2) is 4.65. The number of amides is 1. The Kier molecular flexibility index (Phi) is 3.19. The van der Waals surface area contributed by atoms with Crippen LogP contribution in [0.1, 0.15) is 5.69 Å². The standard InChI is InChI=1S/C10H15N5O3/c1-14(10(17)18)7-3-15(4-7)8-2-6(5-16)12-9(11)13-8/h2,7,16H,3-5H2,1H3,(H,17,18)(H2,11,12,13). The van der Waals surface area contributed by atoms with E-state index in [0.29, 0.717) is 24.6 Å². The molecule has 0 spiro atoms. The summed E-state index contributed by atoms with van der Waals surface area (Å²) >= 11 is 0. The molecular formula is C10H15N5O3. The Morgan fingerprint density at radius 3 is 2.83 bits per heavy atom. The summed E-state index contributed by atoms with van der Waals surface area (Å²) in [4.78, 5) is 21.8. The van der Waals surface area contributed by atoms with E-state index in [2.05, 4.69) is 9.97 Å². The summed E-state index contributed by atoms with van der Waals surface area (Å²) in [6.45, 7) is 0.917. The number of aliphatic hydroxyl groups excluding tert-OH is 1. The van der Waals surface area contributed by atoms with Gasteiger partial charge in [-0.05, 0) is 0 Å². The second-order valence-electron chi connectivity index (χ2n) is 4.19. The third-order valence-corrected chi connectivity index (χ3v) is 2.98. The minimum absolute atomic E-state index is 0.0451. The van der Waals surface area contributed by atoms with Gasteiger partial charge >= 0.3 is 6.09 Å². The van der Waals surface area contributed by atoms with Crippen LogP contribution >= 0.6 is 0 Å². The fourth-order valence-corrected chi connectivity index (χ4v) is 1.79. The van der Waals surface area contributed by atoms with Crippen molar-refractivity contribution in [1.82, 2.24) is 14.9 Å². The topological polar surface area (TPSA) is 116 Å². The van der Waals surface area contributed by atoms with E-state index in [0.717, 1.165) is 0 Å². The monoisotopic (exact) mass is 253 g/mol. The molecule has 0 radical (unpaired) electrons. The average Bonchev–Trinajstić information content (AvgIpc) is 2.25. The molecule has 1 aliphatic rings. The Morgan fingerprint density at radius 2 is 2.28 bits per heavy atom. The molecule has 1 aliphatic heterocycles. The van der Waals surface area contributed by atoms with Crippen LogP contribution in [0.15, 0.2) is 6.07 Å². The van der Waals surface area contributed by atoms with Crippen molar-refractivity contribution in [3.05, 3.63) is 11.8 Å². The molecule has 0 unspecified atom stereocenters. The van der Waals surface area contributed by atoms with Crippen molar-refractivity contribution < 1.29 is 15.0 Å². The highest BCUT2D eigenvalue weighted by atomic mass is 16.4. The average molecular weight is 253 g/mol. The van der Waals surface area contributed by atoms with Crippen molar-refractivity contribution in [2.45, 2.75) is 12.6 Å². The molecule has 4 N–H and O–H groups in total. The van der Waals surface area contributed by atoms with Gasteiger partial charge in [0.15, 0.2) is 0 Å². The Morgan fingerprint density at radius 1 is 1.61 bits per heavy atom. The minimum atomic E-state index is -0.946. The van der Waals surface area contributed by atoms with Gasteiger partial charge in [0.05, 0.1) is 18.3 Å². The summed E-state index contributed by atoms with van der Waals surface area (Å²) < 4.78 is 0. The number of aromatic nitrogens is 2. The largest absolute Gasteiger partial charge is 0.465 e. The molecule has 0 aliphatic carbocycles. The summed E-state index contributed by atoms with van der Waals surface area (Å²) in [6.07, 6.45) is -0.946. The van der Waals surface area contributed by atoms with Crippen LogP contribution in [0.4, 0.5) is 16.6 Å². The minimum Gasteiger partial charge on any atom is -0.465 e. The SMILES string of the molecule is CN(C(=O)O)C1CN(c2cc(CO)nc(N)n2)C1. The zero-order valence-electron chi connectivity index (χ0n) is 9.94. The number of hydrogen-bond acceptors (Lipinski definition) is 6. The molecule has 0 aromatic carbocycles. The molecule has 1 fully saturated rings. The first kappa shape index (κ1) is 12.4. The van der Waals surface area contributed by atoms with Crippen LogP contribution in [-0.2, 0) is 6.61 Å². The van der Waals surface area contributed by atoms with E-state index in [1.807, 2.05) is 4.90 Å². The lowest BCUT2D eigenvalue weighted by Crippen LogP contribution is -2.60. The summed E-state index contributed by atoms with van der Waals surface area (Å²) in [5, 5.41) is 17.9. The number of aliphatic hydroxyl groups is 1. The van der Waals surface area contributed by atoms with Gasteiger partial charge in [-0.1, -0.05) is 0 Å². The van der Waals surface area contributed by atoms with Crippen LogP contribution in [-0.4, -0.2) is 57.4 Å².